The van der Waals surface area contributed by atoms with Crippen LogP contribution in [0.3, 0.4) is 0 Å². The minimum absolute atomic E-state index is 0.0772. The first-order valence-electron chi connectivity index (χ1n) is 7.49. The molecule has 2 aromatic heterocycles. The van der Waals surface area contributed by atoms with Crippen molar-refractivity contribution in [3.05, 3.63) is 53.9 Å². The maximum absolute atomic E-state index is 11.8. The van der Waals surface area contributed by atoms with Gasteiger partial charge >= 0.3 is 0 Å². The molecule has 0 spiro atoms. The average molecular weight is 310 g/mol. The number of hydrogen-bond acceptors (Lipinski definition) is 5. The van der Waals surface area contributed by atoms with E-state index in [0.29, 0.717) is 24.5 Å². The Morgan fingerprint density at radius 1 is 1.17 bits per heavy atom. The zero-order valence-corrected chi connectivity index (χ0v) is 12.9. The molecule has 3 rings (SSSR count). The molecular weight excluding hydrogens is 292 g/mol. The molecule has 0 unspecified atom stereocenters. The SMILES string of the molecule is Cc1cc(CC(=O)NCCNc2ccc3ccccc3n2)no1. The average Bonchev–Trinajstić information content (AvgIpc) is 2.96. The Labute approximate surface area is 133 Å². The molecule has 0 aliphatic carbocycles. The summed E-state index contributed by atoms with van der Waals surface area (Å²) in [5.74, 6) is 1.42. The highest BCUT2D eigenvalue weighted by atomic mass is 16.5. The highest BCUT2D eigenvalue weighted by Gasteiger charge is 2.06. The Kier molecular flexibility index (Phi) is 4.52. The van der Waals surface area contributed by atoms with Crippen molar-refractivity contribution < 1.29 is 9.32 Å². The van der Waals surface area contributed by atoms with Crippen molar-refractivity contribution in [1.29, 1.82) is 0 Å². The Bertz CT molecular complexity index is 813. The highest BCUT2D eigenvalue weighted by Crippen LogP contribution is 2.14. The number of aryl methyl sites for hydroxylation is 1. The Morgan fingerprint density at radius 3 is 2.87 bits per heavy atom. The fourth-order valence-corrected chi connectivity index (χ4v) is 2.29. The number of para-hydroxylation sites is 1. The molecule has 118 valence electrons. The highest BCUT2D eigenvalue weighted by molar-refractivity contribution is 5.80. The molecule has 6 nitrogen and oxygen atoms in total. The normalized spacial score (nSPS) is 10.7. The van der Waals surface area contributed by atoms with E-state index in [0.717, 1.165) is 16.7 Å². The summed E-state index contributed by atoms with van der Waals surface area (Å²) in [6.45, 7) is 2.92. The molecule has 3 aromatic rings. The topological polar surface area (TPSA) is 80.0 Å². The van der Waals surface area contributed by atoms with Crippen molar-refractivity contribution in [3.8, 4) is 0 Å². The predicted octanol–water partition coefficient (Wildman–Crippen LogP) is 2.30. The number of pyridine rings is 1. The summed E-state index contributed by atoms with van der Waals surface area (Å²) in [4.78, 5) is 16.3. The number of carbonyl (C=O) groups is 1. The first-order valence-corrected chi connectivity index (χ1v) is 7.49. The van der Waals surface area contributed by atoms with Crippen molar-refractivity contribution in [2.24, 2.45) is 0 Å². The van der Waals surface area contributed by atoms with Crippen LogP contribution in [0.2, 0.25) is 0 Å². The van der Waals surface area contributed by atoms with E-state index in [2.05, 4.69) is 20.8 Å². The number of amides is 1. The van der Waals surface area contributed by atoms with Crippen LogP contribution < -0.4 is 10.6 Å². The third kappa shape index (κ3) is 4.06. The number of rotatable bonds is 6. The molecule has 2 N–H and O–H groups in total. The largest absolute Gasteiger partial charge is 0.368 e. The van der Waals surface area contributed by atoms with Gasteiger partial charge in [-0.2, -0.15) is 0 Å². The van der Waals surface area contributed by atoms with Crippen molar-refractivity contribution >= 4 is 22.6 Å². The lowest BCUT2D eigenvalue weighted by molar-refractivity contribution is -0.120. The van der Waals surface area contributed by atoms with E-state index in [1.165, 1.54) is 0 Å². The quantitative estimate of drug-likeness (QED) is 0.683. The molecule has 0 aliphatic rings. The van der Waals surface area contributed by atoms with Gasteiger partial charge in [0.15, 0.2) is 0 Å². The minimum Gasteiger partial charge on any atom is -0.368 e. The van der Waals surface area contributed by atoms with E-state index in [-0.39, 0.29) is 12.3 Å². The van der Waals surface area contributed by atoms with E-state index in [1.54, 1.807) is 13.0 Å². The van der Waals surface area contributed by atoms with E-state index in [1.807, 2.05) is 36.4 Å². The summed E-state index contributed by atoms with van der Waals surface area (Å²) < 4.78 is 4.93. The summed E-state index contributed by atoms with van der Waals surface area (Å²) >= 11 is 0. The standard InChI is InChI=1S/C17H18N4O2/c1-12-10-14(21-23-12)11-17(22)19-9-8-18-16-7-6-13-4-2-3-5-15(13)20-16/h2-7,10H,8-9,11H2,1H3,(H,18,20)(H,19,22). The third-order valence-electron chi connectivity index (χ3n) is 3.37. The van der Waals surface area contributed by atoms with Gasteiger partial charge in [0.25, 0.3) is 0 Å². The van der Waals surface area contributed by atoms with Crippen LogP contribution in [0, 0.1) is 6.92 Å². The minimum atomic E-state index is -0.0772. The number of nitrogens with one attached hydrogen (secondary N) is 2. The molecular formula is C17H18N4O2. The van der Waals surface area contributed by atoms with Crippen molar-refractivity contribution in [2.45, 2.75) is 13.3 Å². The number of fused-ring (bicyclic) bond motifs is 1. The summed E-state index contributed by atoms with van der Waals surface area (Å²) in [7, 11) is 0. The van der Waals surface area contributed by atoms with Crippen LogP contribution in [0.5, 0.6) is 0 Å². The van der Waals surface area contributed by atoms with Gasteiger partial charge in [0.1, 0.15) is 11.6 Å². The summed E-state index contributed by atoms with van der Waals surface area (Å²) in [5, 5.41) is 10.9. The van der Waals surface area contributed by atoms with Gasteiger partial charge in [-0.25, -0.2) is 4.98 Å². The number of anilines is 1. The second-order valence-electron chi connectivity index (χ2n) is 5.27. The van der Waals surface area contributed by atoms with Crippen LogP contribution in [0.4, 0.5) is 5.82 Å². The van der Waals surface area contributed by atoms with Crippen molar-refractivity contribution in [1.82, 2.24) is 15.5 Å². The van der Waals surface area contributed by atoms with Crippen LogP contribution in [-0.4, -0.2) is 29.1 Å². The van der Waals surface area contributed by atoms with E-state index >= 15 is 0 Å². The number of nitrogens with zero attached hydrogens (tertiary/aromatic N) is 2. The van der Waals surface area contributed by atoms with E-state index in [9.17, 15) is 4.79 Å². The molecule has 1 amide bonds. The number of hydrogen-bond donors (Lipinski definition) is 2. The predicted molar refractivity (Wildman–Crippen MR) is 88.2 cm³/mol. The lowest BCUT2D eigenvalue weighted by Crippen LogP contribution is -2.30. The van der Waals surface area contributed by atoms with E-state index < -0.39 is 0 Å². The number of benzene rings is 1. The fourth-order valence-electron chi connectivity index (χ4n) is 2.29. The third-order valence-corrected chi connectivity index (χ3v) is 3.37. The monoisotopic (exact) mass is 310 g/mol. The van der Waals surface area contributed by atoms with Crippen LogP contribution in [0.15, 0.2) is 47.0 Å². The van der Waals surface area contributed by atoms with Crippen LogP contribution in [0.25, 0.3) is 10.9 Å². The van der Waals surface area contributed by atoms with Crippen LogP contribution in [0.1, 0.15) is 11.5 Å². The van der Waals surface area contributed by atoms with Crippen molar-refractivity contribution in [3.63, 3.8) is 0 Å². The fraction of sp³-hybridized carbons (Fsp3) is 0.235. The van der Waals surface area contributed by atoms with Gasteiger partial charge in [-0.3, -0.25) is 4.79 Å². The van der Waals surface area contributed by atoms with Gasteiger partial charge in [0.05, 0.1) is 17.6 Å². The Balaban J connectivity index is 1.44. The van der Waals surface area contributed by atoms with Gasteiger partial charge in [-0.1, -0.05) is 23.4 Å². The van der Waals surface area contributed by atoms with Crippen molar-refractivity contribution in [2.75, 3.05) is 18.4 Å². The van der Waals surface area contributed by atoms with Gasteiger partial charge in [0, 0.05) is 24.5 Å². The number of carbonyl (C=O) groups excluding carboxylic acids is 1. The van der Waals surface area contributed by atoms with Gasteiger partial charge in [-0.05, 0) is 25.1 Å². The first kappa shape index (κ1) is 15.0. The van der Waals surface area contributed by atoms with Gasteiger partial charge < -0.3 is 15.2 Å². The molecule has 2 heterocycles. The lowest BCUT2D eigenvalue weighted by Gasteiger charge is -2.07. The van der Waals surface area contributed by atoms with Gasteiger partial charge in [0.2, 0.25) is 5.91 Å². The Hall–Kier alpha value is -2.89. The molecule has 1 aromatic carbocycles. The molecule has 0 radical (unpaired) electrons. The molecule has 0 aliphatic heterocycles. The summed E-state index contributed by atoms with van der Waals surface area (Å²) in [5.41, 5.74) is 1.59. The summed E-state index contributed by atoms with van der Waals surface area (Å²) in [6.07, 6.45) is 0.228. The Morgan fingerprint density at radius 2 is 2.04 bits per heavy atom. The second-order valence-corrected chi connectivity index (χ2v) is 5.27. The van der Waals surface area contributed by atoms with E-state index in [4.69, 9.17) is 4.52 Å². The number of aromatic nitrogens is 2. The van der Waals surface area contributed by atoms with Gasteiger partial charge in [-0.15, -0.1) is 0 Å². The smallest absolute Gasteiger partial charge is 0.226 e. The molecule has 0 bridgehead atoms. The molecule has 0 saturated carbocycles. The van der Waals surface area contributed by atoms with Crippen LogP contribution in [-0.2, 0) is 11.2 Å². The lowest BCUT2D eigenvalue weighted by atomic mass is 10.2. The maximum atomic E-state index is 11.8. The summed E-state index contributed by atoms with van der Waals surface area (Å²) in [6, 6.07) is 13.7. The zero-order valence-electron chi connectivity index (χ0n) is 12.9. The second kappa shape index (κ2) is 6.91. The maximum Gasteiger partial charge on any atom is 0.226 e. The van der Waals surface area contributed by atoms with Crippen LogP contribution >= 0.6 is 0 Å². The molecule has 0 saturated heterocycles. The molecule has 0 atom stereocenters. The molecule has 6 heteroatoms. The zero-order chi connectivity index (χ0) is 16.1. The molecule has 0 fully saturated rings. The first-order chi connectivity index (χ1) is 11.2. The molecule has 23 heavy (non-hydrogen) atoms.